The van der Waals surface area contributed by atoms with Crippen LogP contribution in [0.15, 0.2) is 18.2 Å². The number of nitrogens with one attached hydrogen (secondary N) is 2. The average molecular weight is 373 g/mol. The van der Waals surface area contributed by atoms with Gasteiger partial charge in [-0.25, -0.2) is 0 Å². The molecule has 0 spiro atoms. The van der Waals surface area contributed by atoms with Gasteiger partial charge in [-0.3, -0.25) is 4.79 Å². The highest BCUT2D eigenvalue weighted by atomic mass is 35.5. The van der Waals surface area contributed by atoms with E-state index in [9.17, 15) is 4.79 Å². The highest BCUT2D eigenvalue weighted by molar-refractivity contribution is 5.85. The average Bonchev–Trinajstić information content (AvgIpc) is 3.11. The van der Waals surface area contributed by atoms with Crippen molar-refractivity contribution in [3.05, 3.63) is 23.8 Å². The molecule has 142 valence electrons. The molecule has 0 saturated heterocycles. The third-order valence-electron chi connectivity index (χ3n) is 4.08. The van der Waals surface area contributed by atoms with Gasteiger partial charge >= 0.3 is 0 Å². The van der Waals surface area contributed by atoms with E-state index in [2.05, 4.69) is 10.6 Å². The van der Waals surface area contributed by atoms with Crippen LogP contribution < -0.4 is 20.1 Å². The lowest BCUT2D eigenvalue weighted by molar-refractivity contribution is -0.120. The van der Waals surface area contributed by atoms with E-state index in [-0.39, 0.29) is 24.9 Å². The van der Waals surface area contributed by atoms with Crippen LogP contribution in [-0.4, -0.2) is 45.9 Å². The van der Waals surface area contributed by atoms with Crippen LogP contribution >= 0.6 is 12.4 Å². The van der Waals surface area contributed by atoms with Crippen LogP contribution in [0.2, 0.25) is 0 Å². The van der Waals surface area contributed by atoms with Crippen molar-refractivity contribution in [1.29, 1.82) is 0 Å². The van der Waals surface area contributed by atoms with E-state index in [0.717, 1.165) is 24.2 Å². The molecule has 25 heavy (non-hydrogen) atoms. The first-order valence-electron chi connectivity index (χ1n) is 8.53. The molecular formula is C18H29ClN2O4. The minimum Gasteiger partial charge on any atom is -0.493 e. The first-order valence-corrected chi connectivity index (χ1v) is 8.53. The number of carbonyl (C=O) groups excluding carboxylic acids is 1. The Balaban J connectivity index is 0.00000312. The molecule has 2 N–H and O–H groups in total. The number of benzene rings is 1. The van der Waals surface area contributed by atoms with Crippen LogP contribution in [0.25, 0.3) is 0 Å². The normalized spacial score (nSPS) is 14.0. The number of hydrogen-bond acceptors (Lipinski definition) is 5. The summed E-state index contributed by atoms with van der Waals surface area (Å²) in [6.45, 7) is 1.99. The summed E-state index contributed by atoms with van der Waals surface area (Å²) in [5.41, 5.74) is 0.982. The third-order valence-corrected chi connectivity index (χ3v) is 4.08. The molecule has 7 heteroatoms. The Morgan fingerprint density at radius 3 is 2.64 bits per heavy atom. The Morgan fingerprint density at radius 2 is 1.96 bits per heavy atom. The molecule has 1 aliphatic rings. The zero-order valence-corrected chi connectivity index (χ0v) is 15.8. The SMILES string of the molecule is COCCNCC(=O)NCc1ccc(OC2CCCC2)c(OC)c1.Cl. The van der Waals surface area contributed by atoms with Crippen LogP contribution in [0.1, 0.15) is 31.2 Å². The van der Waals surface area contributed by atoms with E-state index >= 15 is 0 Å². The standard InChI is InChI=1S/C18H28N2O4.ClH/c1-22-10-9-19-13-18(21)20-12-14-7-8-16(17(11-14)23-2)24-15-5-3-4-6-15;/h7-8,11,15,19H,3-6,9-10,12-13H2,1-2H3,(H,20,21);1H. The van der Waals surface area contributed by atoms with Crippen LogP contribution in [0.5, 0.6) is 11.5 Å². The zero-order chi connectivity index (χ0) is 17.2. The van der Waals surface area contributed by atoms with Crippen molar-refractivity contribution >= 4 is 18.3 Å². The molecule has 1 aromatic carbocycles. The molecular weight excluding hydrogens is 344 g/mol. The largest absolute Gasteiger partial charge is 0.493 e. The predicted octanol–water partition coefficient (Wildman–Crippen LogP) is 2.29. The maximum atomic E-state index is 11.8. The number of methoxy groups -OCH3 is 2. The van der Waals surface area contributed by atoms with Gasteiger partial charge in [0.2, 0.25) is 5.91 Å². The Hall–Kier alpha value is -1.50. The summed E-state index contributed by atoms with van der Waals surface area (Å²) in [5, 5.41) is 5.89. The molecule has 0 aromatic heterocycles. The fraction of sp³-hybridized carbons (Fsp3) is 0.611. The summed E-state index contributed by atoms with van der Waals surface area (Å²) in [7, 11) is 3.27. The molecule has 1 aliphatic carbocycles. The lowest BCUT2D eigenvalue weighted by Crippen LogP contribution is -2.34. The molecule has 0 radical (unpaired) electrons. The van der Waals surface area contributed by atoms with Crippen LogP contribution in [0.4, 0.5) is 0 Å². The quantitative estimate of drug-likeness (QED) is 0.617. The number of ether oxygens (including phenoxy) is 3. The lowest BCUT2D eigenvalue weighted by Gasteiger charge is -2.16. The molecule has 0 aliphatic heterocycles. The molecule has 1 amide bonds. The van der Waals surface area contributed by atoms with E-state index in [0.29, 0.717) is 31.5 Å². The summed E-state index contributed by atoms with van der Waals surface area (Å²) in [5.74, 6) is 1.45. The Morgan fingerprint density at radius 1 is 1.20 bits per heavy atom. The summed E-state index contributed by atoms with van der Waals surface area (Å²) in [6.07, 6.45) is 4.97. The van der Waals surface area contributed by atoms with Gasteiger partial charge in [-0.2, -0.15) is 0 Å². The summed E-state index contributed by atoms with van der Waals surface area (Å²) < 4.78 is 16.4. The Labute approximate surface area is 156 Å². The molecule has 1 saturated carbocycles. The second-order valence-corrected chi connectivity index (χ2v) is 5.96. The van der Waals surface area contributed by atoms with Crippen LogP contribution in [-0.2, 0) is 16.1 Å². The highest BCUT2D eigenvalue weighted by Gasteiger charge is 2.18. The van der Waals surface area contributed by atoms with Gasteiger partial charge in [0.25, 0.3) is 0 Å². The van der Waals surface area contributed by atoms with Gasteiger partial charge in [0, 0.05) is 20.2 Å². The second-order valence-electron chi connectivity index (χ2n) is 5.96. The van der Waals surface area contributed by atoms with Crippen molar-refractivity contribution in [2.45, 2.75) is 38.3 Å². The minimum atomic E-state index is -0.0450. The molecule has 1 aromatic rings. The molecule has 0 heterocycles. The first-order chi connectivity index (χ1) is 11.7. The van der Waals surface area contributed by atoms with Crippen molar-refractivity contribution in [2.75, 3.05) is 33.9 Å². The van der Waals surface area contributed by atoms with Gasteiger partial charge in [-0.15, -0.1) is 12.4 Å². The Bertz CT molecular complexity index is 522. The summed E-state index contributed by atoms with van der Waals surface area (Å²) >= 11 is 0. The number of amides is 1. The molecule has 0 atom stereocenters. The zero-order valence-electron chi connectivity index (χ0n) is 15.0. The van der Waals surface area contributed by atoms with E-state index < -0.39 is 0 Å². The van der Waals surface area contributed by atoms with Crippen LogP contribution in [0, 0.1) is 0 Å². The topological polar surface area (TPSA) is 68.8 Å². The fourth-order valence-electron chi connectivity index (χ4n) is 2.74. The van der Waals surface area contributed by atoms with Gasteiger partial charge in [-0.05, 0) is 43.4 Å². The Kier molecular flexibility index (Phi) is 10.3. The van der Waals surface area contributed by atoms with Gasteiger partial charge < -0.3 is 24.8 Å². The van der Waals surface area contributed by atoms with Crippen molar-refractivity contribution in [2.24, 2.45) is 0 Å². The van der Waals surface area contributed by atoms with Gasteiger partial charge in [0.1, 0.15) is 0 Å². The number of carbonyl (C=O) groups is 1. The van der Waals surface area contributed by atoms with Crippen molar-refractivity contribution in [3.63, 3.8) is 0 Å². The summed E-state index contributed by atoms with van der Waals surface area (Å²) in [6, 6.07) is 5.81. The maximum absolute atomic E-state index is 11.8. The van der Waals surface area contributed by atoms with Crippen molar-refractivity contribution < 1.29 is 19.0 Å². The van der Waals surface area contributed by atoms with Crippen molar-refractivity contribution in [3.8, 4) is 11.5 Å². The fourth-order valence-corrected chi connectivity index (χ4v) is 2.74. The van der Waals surface area contributed by atoms with E-state index in [1.165, 1.54) is 12.8 Å². The first kappa shape index (κ1) is 21.5. The predicted molar refractivity (Wildman–Crippen MR) is 99.7 cm³/mol. The van der Waals surface area contributed by atoms with Gasteiger partial charge in [0.05, 0.1) is 26.4 Å². The third kappa shape index (κ3) is 7.50. The number of hydrogen-bond donors (Lipinski definition) is 2. The maximum Gasteiger partial charge on any atom is 0.234 e. The molecule has 1 fully saturated rings. The lowest BCUT2D eigenvalue weighted by atomic mass is 10.2. The number of rotatable bonds is 10. The van der Waals surface area contributed by atoms with E-state index in [1.54, 1.807) is 14.2 Å². The van der Waals surface area contributed by atoms with Gasteiger partial charge in [-0.1, -0.05) is 6.07 Å². The molecule has 0 unspecified atom stereocenters. The smallest absolute Gasteiger partial charge is 0.234 e. The molecule has 6 nitrogen and oxygen atoms in total. The summed E-state index contributed by atoms with van der Waals surface area (Å²) in [4.78, 5) is 11.8. The second kappa shape index (κ2) is 12.0. The van der Waals surface area contributed by atoms with Gasteiger partial charge in [0.15, 0.2) is 11.5 Å². The van der Waals surface area contributed by atoms with E-state index in [4.69, 9.17) is 14.2 Å². The van der Waals surface area contributed by atoms with Crippen molar-refractivity contribution in [1.82, 2.24) is 10.6 Å². The minimum absolute atomic E-state index is 0. The molecule has 0 bridgehead atoms. The highest BCUT2D eigenvalue weighted by Crippen LogP contribution is 2.32. The van der Waals surface area contributed by atoms with E-state index in [1.807, 2.05) is 18.2 Å². The van der Waals surface area contributed by atoms with Crippen LogP contribution in [0.3, 0.4) is 0 Å². The molecule has 2 rings (SSSR count). The number of halogens is 1. The monoisotopic (exact) mass is 372 g/mol.